The predicted octanol–water partition coefficient (Wildman–Crippen LogP) is 4.55. The summed E-state index contributed by atoms with van der Waals surface area (Å²) < 4.78 is 41.6. The zero-order valence-corrected chi connectivity index (χ0v) is 19.3. The molecule has 0 unspecified atom stereocenters. The quantitative estimate of drug-likeness (QED) is 0.549. The molecular formula is C24H24ClF3N4O2. The van der Waals surface area contributed by atoms with Crippen LogP contribution in [0.5, 0.6) is 0 Å². The zero-order valence-electron chi connectivity index (χ0n) is 18.5. The molecule has 3 aromatic rings. The minimum absolute atomic E-state index is 0.0913. The Balaban J connectivity index is 1.49. The van der Waals surface area contributed by atoms with Crippen LogP contribution in [0.3, 0.4) is 0 Å². The first-order chi connectivity index (χ1) is 16.1. The number of aromatic nitrogens is 3. The number of carbonyl (C=O) groups is 1. The van der Waals surface area contributed by atoms with Crippen LogP contribution in [0.2, 0.25) is 5.02 Å². The first kappa shape index (κ1) is 24.1. The van der Waals surface area contributed by atoms with Crippen molar-refractivity contribution < 1.29 is 18.0 Å². The van der Waals surface area contributed by atoms with Gasteiger partial charge in [-0.25, -0.2) is 9.48 Å². The lowest BCUT2D eigenvalue weighted by Crippen LogP contribution is -2.44. The van der Waals surface area contributed by atoms with Crippen LogP contribution in [-0.2, 0) is 30.0 Å². The lowest BCUT2D eigenvalue weighted by atomic mass is 9.78. The van der Waals surface area contributed by atoms with Gasteiger partial charge in [0.15, 0.2) is 5.82 Å². The molecule has 10 heteroatoms. The van der Waals surface area contributed by atoms with E-state index in [2.05, 4.69) is 10.4 Å². The Morgan fingerprint density at radius 2 is 1.82 bits per heavy atom. The van der Waals surface area contributed by atoms with E-state index in [1.165, 1.54) is 23.7 Å². The van der Waals surface area contributed by atoms with Gasteiger partial charge < -0.3 is 5.32 Å². The van der Waals surface area contributed by atoms with E-state index in [1.807, 2.05) is 12.1 Å². The number of hydrogen-bond acceptors (Lipinski definition) is 3. The Morgan fingerprint density at radius 3 is 2.47 bits per heavy atom. The van der Waals surface area contributed by atoms with E-state index in [-0.39, 0.29) is 30.4 Å². The third kappa shape index (κ3) is 4.61. The largest absolute Gasteiger partial charge is 0.416 e. The highest BCUT2D eigenvalue weighted by molar-refractivity contribution is 6.30. The number of nitrogens with zero attached hydrogens (tertiary/aromatic N) is 3. The summed E-state index contributed by atoms with van der Waals surface area (Å²) in [6, 6.07) is 12.0. The molecule has 0 aliphatic heterocycles. The molecule has 1 aliphatic carbocycles. The Kier molecular flexibility index (Phi) is 6.58. The van der Waals surface area contributed by atoms with Gasteiger partial charge in [-0.2, -0.15) is 13.2 Å². The van der Waals surface area contributed by atoms with Crippen LogP contribution in [-0.4, -0.2) is 26.8 Å². The molecule has 0 radical (unpaired) electrons. The maximum atomic E-state index is 13.2. The van der Waals surface area contributed by atoms with Crippen molar-refractivity contribution in [1.29, 1.82) is 0 Å². The van der Waals surface area contributed by atoms with Crippen LogP contribution >= 0.6 is 11.6 Å². The van der Waals surface area contributed by atoms with Crippen LogP contribution in [0.1, 0.15) is 36.8 Å². The van der Waals surface area contributed by atoms with Gasteiger partial charge in [0.05, 0.1) is 17.5 Å². The number of carbonyl (C=O) groups excluding carboxylic acids is 1. The van der Waals surface area contributed by atoms with Crippen molar-refractivity contribution in [3.63, 3.8) is 0 Å². The average Bonchev–Trinajstić information content (AvgIpc) is 3.41. The maximum Gasteiger partial charge on any atom is 0.416 e. The number of amides is 1. The summed E-state index contributed by atoms with van der Waals surface area (Å²) in [5.41, 5.74) is -0.833. The number of benzene rings is 2. The van der Waals surface area contributed by atoms with Crippen molar-refractivity contribution in [3.8, 4) is 11.4 Å². The molecule has 1 amide bonds. The van der Waals surface area contributed by atoms with E-state index >= 15 is 0 Å². The Labute approximate surface area is 199 Å². The van der Waals surface area contributed by atoms with E-state index in [4.69, 9.17) is 11.6 Å². The molecule has 1 aromatic heterocycles. The van der Waals surface area contributed by atoms with Crippen LogP contribution < -0.4 is 11.0 Å². The van der Waals surface area contributed by atoms with Gasteiger partial charge in [-0.1, -0.05) is 48.7 Å². The standard InChI is InChI=1S/C24H24ClF3N4O2/c1-31-20(16-5-4-6-18(15-16)24(26,27)28)30-32(22(31)34)14-13-29-21(33)23(11-2-3-12-23)17-7-9-19(25)10-8-17/h4-10,15H,2-3,11-14H2,1H3,(H,29,33). The van der Waals surface area contributed by atoms with Crippen LogP contribution in [0.25, 0.3) is 11.4 Å². The van der Waals surface area contributed by atoms with E-state index in [1.54, 1.807) is 12.1 Å². The van der Waals surface area contributed by atoms with Gasteiger partial charge in [-0.3, -0.25) is 9.36 Å². The predicted molar refractivity (Wildman–Crippen MR) is 123 cm³/mol. The van der Waals surface area contributed by atoms with E-state index in [0.717, 1.165) is 48.1 Å². The van der Waals surface area contributed by atoms with E-state index in [9.17, 15) is 22.8 Å². The van der Waals surface area contributed by atoms with Crippen molar-refractivity contribution in [2.75, 3.05) is 6.54 Å². The lowest BCUT2D eigenvalue weighted by Gasteiger charge is -2.28. The van der Waals surface area contributed by atoms with Gasteiger partial charge >= 0.3 is 11.9 Å². The second kappa shape index (κ2) is 9.29. The molecule has 34 heavy (non-hydrogen) atoms. The van der Waals surface area contributed by atoms with E-state index in [0.29, 0.717) is 5.02 Å². The van der Waals surface area contributed by atoms with Gasteiger partial charge in [-0.05, 0) is 42.7 Å². The Hall–Kier alpha value is -3.07. The second-order valence-corrected chi connectivity index (χ2v) is 8.96. The van der Waals surface area contributed by atoms with Gasteiger partial charge in [-0.15, -0.1) is 5.10 Å². The Morgan fingerprint density at radius 1 is 1.15 bits per heavy atom. The summed E-state index contributed by atoms with van der Waals surface area (Å²) in [6.45, 7) is 0.251. The second-order valence-electron chi connectivity index (χ2n) is 8.52. The highest BCUT2D eigenvalue weighted by Gasteiger charge is 2.42. The first-order valence-corrected chi connectivity index (χ1v) is 11.4. The molecule has 1 saturated carbocycles. The van der Waals surface area contributed by atoms with Crippen LogP contribution in [0.15, 0.2) is 53.3 Å². The zero-order chi connectivity index (χ0) is 24.5. The monoisotopic (exact) mass is 492 g/mol. The van der Waals surface area contributed by atoms with Crippen molar-refractivity contribution in [1.82, 2.24) is 19.7 Å². The fourth-order valence-corrected chi connectivity index (χ4v) is 4.68. The fourth-order valence-electron chi connectivity index (χ4n) is 4.56. The summed E-state index contributed by atoms with van der Waals surface area (Å²) in [6.07, 6.45) is -1.17. The fraction of sp³-hybridized carbons (Fsp3) is 0.375. The molecule has 2 aromatic carbocycles. The van der Waals surface area contributed by atoms with Crippen molar-refractivity contribution in [2.45, 2.75) is 43.8 Å². The molecule has 180 valence electrons. The highest BCUT2D eigenvalue weighted by Crippen LogP contribution is 2.41. The topological polar surface area (TPSA) is 68.9 Å². The highest BCUT2D eigenvalue weighted by atomic mass is 35.5. The van der Waals surface area contributed by atoms with Gasteiger partial charge in [0.25, 0.3) is 0 Å². The van der Waals surface area contributed by atoms with Crippen LogP contribution in [0, 0.1) is 0 Å². The summed E-state index contributed by atoms with van der Waals surface area (Å²) in [5.74, 6) is 0.00487. The first-order valence-electron chi connectivity index (χ1n) is 11.0. The summed E-state index contributed by atoms with van der Waals surface area (Å²) in [5, 5.41) is 7.74. The molecule has 0 bridgehead atoms. The molecule has 0 spiro atoms. The molecule has 4 rings (SSSR count). The average molecular weight is 493 g/mol. The molecule has 1 fully saturated rings. The number of rotatable bonds is 6. The minimum Gasteiger partial charge on any atom is -0.353 e. The SMILES string of the molecule is Cn1c(-c2cccc(C(F)(F)F)c2)nn(CCNC(=O)C2(c3ccc(Cl)cc3)CCCC2)c1=O. The van der Waals surface area contributed by atoms with Crippen molar-refractivity contribution in [2.24, 2.45) is 7.05 Å². The molecule has 0 atom stereocenters. The summed E-state index contributed by atoms with van der Waals surface area (Å²) >= 11 is 6.00. The van der Waals surface area contributed by atoms with E-state index < -0.39 is 22.8 Å². The van der Waals surface area contributed by atoms with Gasteiger partial charge in [0.2, 0.25) is 5.91 Å². The number of nitrogens with one attached hydrogen (secondary N) is 1. The third-order valence-corrected chi connectivity index (χ3v) is 6.64. The van der Waals surface area contributed by atoms with Crippen molar-refractivity contribution in [3.05, 3.63) is 75.2 Å². The number of halogens is 4. The summed E-state index contributed by atoms with van der Waals surface area (Å²) in [7, 11) is 1.45. The van der Waals surface area contributed by atoms with Gasteiger partial charge in [0, 0.05) is 24.2 Å². The Bertz CT molecular complexity index is 1240. The smallest absolute Gasteiger partial charge is 0.353 e. The molecule has 0 saturated heterocycles. The molecule has 1 aliphatic rings. The van der Waals surface area contributed by atoms with Crippen molar-refractivity contribution >= 4 is 17.5 Å². The molecule has 6 nitrogen and oxygen atoms in total. The minimum atomic E-state index is -4.50. The number of alkyl halides is 3. The van der Waals surface area contributed by atoms with Gasteiger partial charge in [0.1, 0.15) is 0 Å². The summed E-state index contributed by atoms with van der Waals surface area (Å²) in [4.78, 5) is 25.8. The lowest BCUT2D eigenvalue weighted by molar-refractivity contribution is -0.137. The van der Waals surface area contributed by atoms with Crippen LogP contribution in [0.4, 0.5) is 13.2 Å². The normalized spacial score (nSPS) is 15.4. The molecule has 1 heterocycles. The molecule has 1 N–H and O–H groups in total. The maximum absolute atomic E-state index is 13.2. The number of hydrogen-bond donors (Lipinski definition) is 1. The molecular weight excluding hydrogens is 469 g/mol. The third-order valence-electron chi connectivity index (χ3n) is 6.39.